The number of Topliss-reactive ketones (excluding diaryl/α,β-unsaturated/α-hetero) is 1. The van der Waals surface area contributed by atoms with Gasteiger partial charge in [-0.1, -0.05) is 0 Å². The third kappa shape index (κ3) is 4.43. The molecule has 2 aromatic rings. The Morgan fingerprint density at radius 3 is 2.59 bits per heavy atom. The second kappa shape index (κ2) is 7.38. The second-order valence-corrected chi connectivity index (χ2v) is 5.69. The summed E-state index contributed by atoms with van der Waals surface area (Å²) in [6.07, 6.45) is 0. The van der Waals surface area contributed by atoms with Crippen LogP contribution in [-0.4, -0.2) is 18.3 Å². The van der Waals surface area contributed by atoms with Crippen LogP contribution >= 0.6 is 11.3 Å². The van der Waals surface area contributed by atoms with Crippen molar-refractivity contribution in [2.24, 2.45) is 0 Å². The molecule has 6 heteroatoms. The molecule has 1 N–H and O–H groups in total. The van der Waals surface area contributed by atoms with Crippen LogP contribution in [0.4, 0.5) is 0 Å². The number of benzene rings is 1. The van der Waals surface area contributed by atoms with E-state index in [1.165, 1.54) is 18.3 Å². The molecule has 0 unspecified atom stereocenters. The van der Waals surface area contributed by atoms with Crippen molar-refractivity contribution < 1.29 is 14.3 Å². The zero-order chi connectivity index (χ0) is 15.9. The topological polar surface area (TPSA) is 79.2 Å². The van der Waals surface area contributed by atoms with Crippen molar-refractivity contribution in [3.05, 3.63) is 51.7 Å². The summed E-state index contributed by atoms with van der Waals surface area (Å²) in [5, 5.41) is 11.4. The zero-order valence-electron chi connectivity index (χ0n) is 12.0. The lowest BCUT2D eigenvalue weighted by Crippen LogP contribution is -2.18. The standard InChI is InChI=1S/C16H14N2O3S/c1-11(19)18-9-14-6-7-16(22-14)15(20)10-21-13-4-2-12(8-17)3-5-13/h2-7H,9-10H2,1H3,(H,18,19). The number of nitrogens with one attached hydrogen (secondary N) is 1. The number of nitriles is 1. The first-order chi connectivity index (χ1) is 10.6. The third-order valence-corrected chi connectivity index (χ3v) is 3.93. The molecule has 0 aliphatic carbocycles. The fraction of sp³-hybridized carbons (Fsp3) is 0.188. The van der Waals surface area contributed by atoms with Gasteiger partial charge in [-0.2, -0.15) is 5.26 Å². The SMILES string of the molecule is CC(=O)NCc1ccc(C(=O)COc2ccc(C#N)cc2)s1. The summed E-state index contributed by atoms with van der Waals surface area (Å²) in [7, 11) is 0. The maximum absolute atomic E-state index is 12.0. The molecule has 1 amide bonds. The Morgan fingerprint density at radius 1 is 1.23 bits per heavy atom. The van der Waals surface area contributed by atoms with Crippen molar-refractivity contribution in [1.82, 2.24) is 5.32 Å². The van der Waals surface area contributed by atoms with E-state index >= 15 is 0 Å². The van der Waals surface area contributed by atoms with E-state index < -0.39 is 0 Å². The Morgan fingerprint density at radius 2 is 1.95 bits per heavy atom. The number of amides is 1. The van der Waals surface area contributed by atoms with Crippen molar-refractivity contribution in [1.29, 1.82) is 5.26 Å². The summed E-state index contributed by atoms with van der Waals surface area (Å²) >= 11 is 1.34. The van der Waals surface area contributed by atoms with E-state index in [-0.39, 0.29) is 18.3 Å². The minimum absolute atomic E-state index is 0.0635. The van der Waals surface area contributed by atoms with E-state index in [4.69, 9.17) is 10.00 Å². The van der Waals surface area contributed by atoms with Crippen LogP contribution in [0, 0.1) is 11.3 Å². The highest BCUT2D eigenvalue weighted by molar-refractivity contribution is 7.14. The first kappa shape index (κ1) is 15.7. The van der Waals surface area contributed by atoms with Crippen molar-refractivity contribution in [3.63, 3.8) is 0 Å². The largest absolute Gasteiger partial charge is 0.485 e. The maximum Gasteiger partial charge on any atom is 0.217 e. The van der Waals surface area contributed by atoms with Crippen molar-refractivity contribution in [2.45, 2.75) is 13.5 Å². The first-order valence-electron chi connectivity index (χ1n) is 6.58. The molecule has 0 fully saturated rings. The van der Waals surface area contributed by atoms with Gasteiger partial charge in [0.15, 0.2) is 6.61 Å². The number of nitrogens with zero attached hydrogens (tertiary/aromatic N) is 1. The molecule has 0 saturated heterocycles. The summed E-state index contributed by atoms with van der Waals surface area (Å²) in [6.45, 7) is 1.81. The number of hydrogen-bond acceptors (Lipinski definition) is 5. The van der Waals surface area contributed by atoms with E-state index in [9.17, 15) is 9.59 Å². The van der Waals surface area contributed by atoms with Gasteiger partial charge in [0.1, 0.15) is 5.75 Å². The molecule has 2 rings (SSSR count). The average molecular weight is 314 g/mol. The van der Waals surface area contributed by atoms with Gasteiger partial charge in [0.05, 0.1) is 23.1 Å². The summed E-state index contributed by atoms with van der Waals surface area (Å²) in [5.41, 5.74) is 0.541. The third-order valence-electron chi connectivity index (χ3n) is 2.80. The van der Waals surface area contributed by atoms with Gasteiger partial charge in [-0.15, -0.1) is 11.3 Å². The number of ether oxygens (including phenoxy) is 1. The van der Waals surface area contributed by atoms with Crippen LogP contribution < -0.4 is 10.1 Å². The Kier molecular flexibility index (Phi) is 5.28. The molecule has 0 aliphatic rings. The molecule has 5 nitrogen and oxygen atoms in total. The molecule has 0 aliphatic heterocycles. The minimum Gasteiger partial charge on any atom is -0.485 e. The van der Waals surface area contributed by atoms with Crippen LogP contribution in [0.3, 0.4) is 0 Å². The van der Waals surface area contributed by atoms with E-state index in [1.807, 2.05) is 12.1 Å². The van der Waals surface area contributed by atoms with E-state index in [2.05, 4.69) is 5.32 Å². The number of ketones is 1. The molecule has 1 heterocycles. The molecule has 112 valence electrons. The Balaban J connectivity index is 1.89. The Bertz CT molecular complexity index is 714. The highest BCUT2D eigenvalue weighted by atomic mass is 32.1. The number of hydrogen-bond donors (Lipinski definition) is 1. The van der Waals surface area contributed by atoms with Crippen LogP contribution in [-0.2, 0) is 11.3 Å². The predicted octanol–water partition coefficient (Wildman–Crippen LogP) is 2.52. The van der Waals surface area contributed by atoms with Gasteiger partial charge in [-0.05, 0) is 36.4 Å². The van der Waals surface area contributed by atoms with Crippen LogP contribution in [0.5, 0.6) is 5.75 Å². The Hall–Kier alpha value is -2.65. The van der Waals surface area contributed by atoms with Crippen LogP contribution in [0.2, 0.25) is 0 Å². The van der Waals surface area contributed by atoms with Crippen LogP contribution in [0.1, 0.15) is 27.0 Å². The van der Waals surface area contributed by atoms with Crippen molar-refractivity contribution in [2.75, 3.05) is 6.61 Å². The lowest BCUT2D eigenvalue weighted by atomic mass is 10.2. The summed E-state index contributed by atoms with van der Waals surface area (Å²) in [6, 6.07) is 12.1. The lowest BCUT2D eigenvalue weighted by Gasteiger charge is -2.04. The molecule has 0 saturated carbocycles. The monoisotopic (exact) mass is 314 g/mol. The molecular formula is C16H14N2O3S. The molecule has 22 heavy (non-hydrogen) atoms. The van der Waals surface area contributed by atoms with Gasteiger partial charge in [0.2, 0.25) is 11.7 Å². The van der Waals surface area contributed by atoms with E-state index in [1.54, 1.807) is 30.3 Å². The summed E-state index contributed by atoms with van der Waals surface area (Å²) in [4.78, 5) is 24.4. The number of carbonyl (C=O) groups is 2. The average Bonchev–Trinajstić information content (AvgIpc) is 3.00. The van der Waals surface area contributed by atoms with Crippen LogP contribution in [0.15, 0.2) is 36.4 Å². The van der Waals surface area contributed by atoms with Gasteiger partial charge >= 0.3 is 0 Å². The smallest absolute Gasteiger partial charge is 0.217 e. The molecule has 0 radical (unpaired) electrons. The van der Waals surface area contributed by atoms with E-state index in [0.29, 0.717) is 22.7 Å². The normalized spacial score (nSPS) is 9.82. The predicted molar refractivity (Wildman–Crippen MR) is 82.8 cm³/mol. The van der Waals surface area contributed by atoms with Crippen molar-refractivity contribution in [3.8, 4) is 11.8 Å². The highest BCUT2D eigenvalue weighted by Gasteiger charge is 2.10. The highest BCUT2D eigenvalue weighted by Crippen LogP contribution is 2.18. The minimum atomic E-state index is -0.122. The fourth-order valence-electron chi connectivity index (χ4n) is 1.68. The van der Waals surface area contributed by atoms with E-state index in [0.717, 1.165) is 4.88 Å². The van der Waals surface area contributed by atoms with Gasteiger partial charge in [-0.25, -0.2) is 0 Å². The molecule has 0 bridgehead atoms. The molecule has 1 aromatic heterocycles. The number of rotatable bonds is 6. The van der Waals surface area contributed by atoms with Gasteiger partial charge in [-0.3, -0.25) is 9.59 Å². The van der Waals surface area contributed by atoms with Crippen molar-refractivity contribution >= 4 is 23.0 Å². The quantitative estimate of drug-likeness (QED) is 0.831. The van der Waals surface area contributed by atoms with Gasteiger partial charge in [0.25, 0.3) is 0 Å². The fourth-order valence-corrected chi connectivity index (χ4v) is 2.55. The molecule has 0 spiro atoms. The molecular weight excluding hydrogens is 300 g/mol. The van der Waals surface area contributed by atoms with Crippen LogP contribution in [0.25, 0.3) is 0 Å². The van der Waals surface area contributed by atoms with Gasteiger partial charge in [0, 0.05) is 11.8 Å². The first-order valence-corrected chi connectivity index (χ1v) is 7.39. The Labute approximate surface area is 132 Å². The summed E-state index contributed by atoms with van der Waals surface area (Å²) in [5.74, 6) is 0.316. The maximum atomic E-state index is 12.0. The lowest BCUT2D eigenvalue weighted by molar-refractivity contribution is -0.119. The number of thiophene rings is 1. The molecule has 0 atom stereocenters. The molecule has 1 aromatic carbocycles. The van der Waals surface area contributed by atoms with Gasteiger partial charge < -0.3 is 10.1 Å². The number of carbonyl (C=O) groups excluding carboxylic acids is 2. The second-order valence-electron chi connectivity index (χ2n) is 4.52. The summed E-state index contributed by atoms with van der Waals surface area (Å²) < 4.78 is 5.41. The zero-order valence-corrected chi connectivity index (χ0v) is 12.8.